The van der Waals surface area contributed by atoms with E-state index in [-0.39, 0.29) is 18.3 Å². The number of aromatic nitrogens is 3. The van der Waals surface area contributed by atoms with E-state index in [9.17, 15) is 4.79 Å². The molecule has 3 aromatic heterocycles. The van der Waals surface area contributed by atoms with Crippen molar-refractivity contribution in [2.45, 2.75) is 31.7 Å². The predicted molar refractivity (Wildman–Crippen MR) is 160 cm³/mol. The van der Waals surface area contributed by atoms with Crippen LogP contribution in [0.25, 0.3) is 32.9 Å². The molecule has 0 saturated carbocycles. The van der Waals surface area contributed by atoms with Crippen LogP contribution in [0.1, 0.15) is 18.4 Å². The Morgan fingerprint density at radius 3 is 2.46 bits per heavy atom. The number of piperidine rings is 1. The summed E-state index contributed by atoms with van der Waals surface area (Å²) >= 11 is 0. The first-order chi connectivity index (χ1) is 20.1. The number of hydrogen-bond donors (Lipinski definition) is 0. The van der Waals surface area contributed by atoms with Crippen molar-refractivity contribution in [2.24, 2.45) is 7.05 Å². The lowest BCUT2D eigenvalue weighted by Gasteiger charge is -2.42. The maximum Gasteiger partial charge on any atom is 0.410 e. The van der Waals surface area contributed by atoms with Gasteiger partial charge in [-0.05, 0) is 48.2 Å². The predicted octanol–water partition coefficient (Wildman–Crippen LogP) is 5.79. The van der Waals surface area contributed by atoms with Gasteiger partial charge in [0.05, 0.1) is 17.7 Å². The molecular weight excluding hydrogens is 514 g/mol. The van der Waals surface area contributed by atoms with Gasteiger partial charge in [0, 0.05) is 73.7 Å². The molecule has 1 amide bonds. The maximum atomic E-state index is 12.4. The summed E-state index contributed by atoms with van der Waals surface area (Å²) in [5.74, 6) is 0.973. The number of hydrogen-bond acceptors (Lipinski definition) is 6. The number of anilines is 1. The number of nitrogens with zero attached hydrogens (tertiary/aromatic N) is 5. The Bertz CT molecular complexity index is 1670. The lowest BCUT2D eigenvalue weighted by atomic mass is 10.0. The Hall–Kier alpha value is -4.43. The van der Waals surface area contributed by atoms with Gasteiger partial charge in [-0.2, -0.15) is 0 Å². The number of likely N-dealkylation sites (tertiary alicyclic amines) is 1. The fourth-order valence-electron chi connectivity index (χ4n) is 5.95. The number of aryl methyl sites for hydroxylation is 1. The zero-order chi connectivity index (χ0) is 27.8. The molecule has 208 valence electrons. The Balaban J connectivity index is 0.896. The first-order valence-electron chi connectivity index (χ1n) is 14.3. The average Bonchev–Trinajstić information content (AvgIpc) is 3.29. The molecule has 2 aliphatic rings. The second kappa shape index (κ2) is 10.9. The molecule has 0 aliphatic carbocycles. The largest absolute Gasteiger partial charge is 0.445 e. The summed E-state index contributed by atoms with van der Waals surface area (Å²) in [5, 5.41) is 2.38. The topological polar surface area (TPSA) is 72.7 Å². The second-order valence-electron chi connectivity index (χ2n) is 11.0. The molecule has 2 saturated heterocycles. The van der Waals surface area contributed by atoms with Gasteiger partial charge in [-0.1, -0.05) is 42.5 Å². The van der Waals surface area contributed by atoms with E-state index in [1.165, 1.54) is 21.8 Å². The monoisotopic (exact) mass is 547 g/mol. The fraction of sp³-hybridized carbons (Fsp3) is 0.303. The van der Waals surface area contributed by atoms with E-state index in [0.29, 0.717) is 19.7 Å². The Labute approximate surface area is 239 Å². The van der Waals surface area contributed by atoms with E-state index >= 15 is 0 Å². The van der Waals surface area contributed by atoms with Crippen LogP contribution in [0.5, 0.6) is 0 Å². The zero-order valence-electron chi connectivity index (χ0n) is 23.1. The van der Waals surface area contributed by atoms with E-state index in [0.717, 1.165) is 48.4 Å². The highest BCUT2D eigenvalue weighted by molar-refractivity contribution is 6.08. The molecule has 7 rings (SSSR count). The van der Waals surface area contributed by atoms with Crippen molar-refractivity contribution in [1.82, 2.24) is 19.4 Å². The highest BCUT2D eigenvalue weighted by Crippen LogP contribution is 2.32. The highest BCUT2D eigenvalue weighted by Gasteiger charge is 2.33. The number of pyridine rings is 2. The maximum absolute atomic E-state index is 12.4. The van der Waals surface area contributed by atoms with Crippen LogP contribution in [0.3, 0.4) is 0 Å². The third kappa shape index (κ3) is 5.11. The smallest absolute Gasteiger partial charge is 0.410 e. The molecule has 0 unspecified atom stereocenters. The highest BCUT2D eigenvalue weighted by atomic mass is 16.6. The molecule has 0 bridgehead atoms. The molecule has 0 radical (unpaired) electrons. The fourth-order valence-corrected chi connectivity index (χ4v) is 5.95. The van der Waals surface area contributed by atoms with Crippen molar-refractivity contribution in [3.05, 3.63) is 90.9 Å². The number of carbonyl (C=O) groups is 1. The third-order valence-corrected chi connectivity index (χ3v) is 8.35. The minimum absolute atomic E-state index is 0.176. The van der Waals surface area contributed by atoms with Crippen LogP contribution >= 0.6 is 0 Å². The van der Waals surface area contributed by atoms with Crippen molar-refractivity contribution >= 4 is 33.7 Å². The van der Waals surface area contributed by atoms with Crippen molar-refractivity contribution in [2.75, 3.05) is 31.1 Å². The Morgan fingerprint density at radius 2 is 1.68 bits per heavy atom. The molecule has 2 aromatic carbocycles. The molecule has 0 spiro atoms. The summed E-state index contributed by atoms with van der Waals surface area (Å²) in [6, 6.07) is 22.6. The number of amides is 1. The van der Waals surface area contributed by atoms with Crippen LogP contribution in [0.2, 0.25) is 0 Å². The SMILES string of the molecule is Cn1c2ccncc2c2ccc(-c3ccc(N4CC(OC5CCN(C(=O)OCc6ccccc6)CC5)C4)nc3)cc21. The summed E-state index contributed by atoms with van der Waals surface area (Å²) in [6.07, 6.45) is 7.53. The van der Waals surface area contributed by atoms with Gasteiger partial charge in [-0.3, -0.25) is 4.98 Å². The molecule has 8 heteroatoms. The van der Waals surface area contributed by atoms with Gasteiger partial charge in [0.15, 0.2) is 0 Å². The zero-order valence-corrected chi connectivity index (χ0v) is 23.1. The average molecular weight is 548 g/mol. The lowest BCUT2D eigenvalue weighted by molar-refractivity contribution is -0.0517. The van der Waals surface area contributed by atoms with E-state index in [1.54, 1.807) is 4.90 Å². The van der Waals surface area contributed by atoms with E-state index in [2.05, 4.69) is 57.9 Å². The van der Waals surface area contributed by atoms with Gasteiger partial charge >= 0.3 is 6.09 Å². The summed E-state index contributed by atoms with van der Waals surface area (Å²) in [5.41, 5.74) is 5.62. The number of fused-ring (bicyclic) bond motifs is 3. The summed E-state index contributed by atoms with van der Waals surface area (Å²) in [7, 11) is 2.10. The molecule has 0 atom stereocenters. The first kappa shape index (κ1) is 25.5. The molecule has 2 fully saturated rings. The van der Waals surface area contributed by atoms with Gasteiger partial charge in [-0.15, -0.1) is 0 Å². The van der Waals surface area contributed by atoms with Crippen molar-refractivity contribution in [1.29, 1.82) is 0 Å². The van der Waals surface area contributed by atoms with E-state index in [4.69, 9.17) is 14.5 Å². The molecule has 2 aliphatic heterocycles. The Kier molecular flexibility index (Phi) is 6.76. The summed E-state index contributed by atoms with van der Waals surface area (Å²) in [6.45, 7) is 3.31. The molecule has 0 N–H and O–H groups in total. The molecule has 8 nitrogen and oxygen atoms in total. The second-order valence-corrected chi connectivity index (χ2v) is 11.0. The van der Waals surface area contributed by atoms with Crippen LogP contribution in [0, 0.1) is 0 Å². The van der Waals surface area contributed by atoms with Crippen molar-refractivity contribution in [3.63, 3.8) is 0 Å². The number of carbonyl (C=O) groups excluding carboxylic acids is 1. The Morgan fingerprint density at radius 1 is 0.878 bits per heavy atom. The van der Waals surface area contributed by atoms with Crippen LogP contribution in [0.4, 0.5) is 10.6 Å². The summed E-state index contributed by atoms with van der Waals surface area (Å²) < 4.78 is 14.1. The number of ether oxygens (including phenoxy) is 2. The van der Waals surface area contributed by atoms with Crippen LogP contribution in [-0.4, -0.2) is 63.9 Å². The first-order valence-corrected chi connectivity index (χ1v) is 14.3. The van der Waals surface area contributed by atoms with Gasteiger partial charge in [0.1, 0.15) is 12.4 Å². The minimum atomic E-state index is -0.244. The number of rotatable bonds is 6. The van der Waals surface area contributed by atoms with Crippen LogP contribution in [0.15, 0.2) is 85.3 Å². The number of benzene rings is 2. The molecular formula is C33H33N5O3. The van der Waals surface area contributed by atoms with Crippen LogP contribution in [-0.2, 0) is 23.1 Å². The summed E-state index contributed by atoms with van der Waals surface area (Å²) in [4.78, 5) is 25.6. The minimum Gasteiger partial charge on any atom is -0.445 e. The van der Waals surface area contributed by atoms with Gasteiger partial charge < -0.3 is 23.8 Å². The van der Waals surface area contributed by atoms with Crippen LogP contribution < -0.4 is 4.90 Å². The quantitative estimate of drug-likeness (QED) is 0.268. The molecule has 5 aromatic rings. The van der Waals surface area contributed by atoms with Gasteiger partial charge in [-0.25, -0.2) is 9.78 Å². The standard InChI is InChI=1S/C33H33N5O3/c1-36-30-11-14-34-19-29(30)28-9-7-24(17-31(28)36)25-8-10-32(35-18-25)38-20-27(21-38)41-26-12-15-37(16-13-26)33(39)40-22-23-5-3-2-4-6-23/h2-11,14,17-19,26-27H,12-13,15-16,20-22H2,1H3. The van der Waals surface area contributed by atoms with Gasteiger partial charge in [0.2, 0.25) is 0 Å². The van der Waals surface area contributed by atoms with E-state index in [1.807, 2.05) is 48.9 Å². The molecule has 41 heavy (non-hydrogen) atoms. The third-order valence-electron chi connectivity index (χ3n) is 8.35. The molecule has 5 heterocycles. The van der Waals surface area contributed by atoms with Gasteiger partial charge in [0.25, 0.3) is 0 Å². The lowest BCUT2D eigenvalue weighted by Crippen LogP contribution is -2.54. The van der Waals surface area contributed by atoms with Crippen molar-refractivity contribution in [3.8, 4) is 11.1 Å². The normalized spacial score (nSPS) is 16.3. The van der Waals surface area contributed by atoms with Crippen molar-refractivity contribution < 1.29 is 14.3 Å². The van der Waals surface area contributed by atoms with E-state index < -0.39 is 0 Å².